The number of nitrogens with zero attached hydrogens (tertiary/aromatic N) is 3. The number of ether oxygens (including phenoxy) is 3. The Labute approximate surface area is 274 Å². The molecule has 0 atom stereocenters. The molecule has 2 aliphatic rings. The fourth-order valence-electron chi connectivity index (χ4n) is 5.91. The number of aryl methyl sites for hydroxylation is 1. The van der Waals surface area contributed by atoms with E-state index >= 15 is 0 Å². The summed E-state index contributed by atoms with van der Waals surface area (Å²) in [7, 11) is 0. The van der Waals surface area contributed by atoms with Crippen molar-refractivity contribution in [2.45, 2.75) is 84.0 Å². The second-order valence-electron chi connectivity index (χ2n) is 11.9. The first-order valence-corrected chi connectivity index (χ1v) is 17.4. The number of piperazine rings is 1. The van der Waals surface area contributed by atoms with E-state index in [1.165, 1.54) is 44.9 Å². The summed E-state index contributed by atoms with van der Waals surface area (Å²) in [4.78, 5) is 19.3. The van der Waals surface area contributed by atoms with Gasteiger partial charge in [0.25, 0.3) is 0 Å². The van der Waals surface area contributed by atoms with Crippen molar-refractivity contribution >= 4 is 40.5 Å². The topological polar surface area (TPSA) is 54.5 Å². The molecule has 0 spiro atoms. The van der Waals surface area contributed by atoms with Gasteiger partial charge in [0, 0.05) is 45.3 Å². The molecule has 2 aromatic rings. The highest BCUT2D eigenvalue weighted by molar-refractivity contribution is 6.43. The lowest BCUT2D eigenvalue weighted by atomic mass is 10.0. The third-order valence-electron chi connectivity index (χ3n) is 8.57. The highest BCUT2D eigenvalue weighted by atomic mass is 35.5. The molecule has 7 nitrogen and oxygen atoms in total. The van der Waals surface area contributed by atoms with E-state index in [1.54, 1.807) is 4.90 Å². The molecule has 9 heteroatoms. The van der Waals surface area contributed by atoms with E-state index in [2.05, 4.69) is 22.8 Å². The predicted molar refractivity (Wildman–Crippen MR) is 181 cm³/mol. The standard InChI is InChI=1S/C35H51Cl2N3O4/c1-2-3-4-5-6-7-8-10-24-42-28-43-27-40-33-26-30(17-15-29(33)16-18-34(40)41)44-25-11-9-19-38-20-22-39(23-21-38)32-14-12-13-31(36)35(32)37/h12-15,17,26H,2-11,16,18-25,27-28H2,1H3. The van der Waals surface area contributed by atoms with Gasteiger partial charge in [0.05, 0.1) is 28.0 Å². The fourth-order valence-corrected chi connectivity index (χ4v) is 6.32. The molecular formula is C35H51Cl2N3O4. The van der Waals surface area contributed by atoms with Crippen LogP contribution in [0.4, 0.5) is 11.4 Å². The molecule has 1 saturated heterocycles. The van der Waals surface area contributed by atoms with Crippen LogP contribution >= 0.6 is 23.2 Å². The highest BCUT2D eigenvalue weighted by Gasteiger charge is 2.25. The summed E-state index contributed by atoms with van der Waals surface area (Å²) in [5, 5.41) is 1.24. The molecule has 0 aromatic heterocycles. The average Bonchev–Trinajstić information content (AvgIpc) is 3.04. The van der Waals surface area contributed by atoms with E-state index in [-0.39, 0.29) is 19.4 Å². The number of unbranched alkanes of at least 4 members (excludes halogenated alkanes) is 8. The first-order valence-electron chi connectivity index (χ1n) is 16.7. The maximum atomic E-state index is 12.7. The van der Waals surface area contributed by atoms with Crippen molar-refractivity contribution in [3.63, 3.8) is 0 Å². The van der Waals surface area contributed by atoms with Crippen LogP contribution in [0.25, 0.3) is 0 Å². The number of fused-ring (bicyclic) bond motifs is 1. The molecule has 44 heavy (non-hydrogen) atoms. The summed E-state index contributed by atoms with van der Waals surface area (Å²) in [6.45, 7) is 8.94. The first-order chi connectivity index (χ1) is 21.6. The number of hydrogen-bond donors (Lipinski definition) is 0. The minimum Gasteiger partial charge on any atom is -0.494 e. The van der Waals surface area contributed by atoms with Gasteiger partial charge in [0.1, 0.15) is 19.3 Å². The molecule has 1 fully saturated rings. The Hall–Kier alpha value is -2.03. The number of halogens is 2. The zero-order valence-electron chi connectivity index (χ0n) is 26.5. The van der Waals surface area contributed by atoms with Crippen molar-refractivity contribution in [3.8, 4) is 5.75 Å². The highest BCUT2D eigenvalue weighted by Crippen LogP contribution is 2.33. The molecule has 0 saturated carbocycles. The van der Waals surface area contributed by atoms with Gasteiger partial charge in [0.2, 0.25) is 5.91 Å². The number of rotatable bonds is 20. The summed E-state index contributed by atoms with van der Waals surface area (Å²) in [6.07, 6.45) is 13.5. The van der Waals surface area contributed by atoms with Crippen LogP contribution in [0.5, 0.6) is 5.75 Å². The molecule has 2 aliphatic heterocycles. The third kappa shape index (κ3) is 11.1. The molecule has 4 rings (SSSR count). The fraction of sp³-hybridized carbons (Fsp3) is 0.629. The molecule has 0 aliphatic carbocycles. The molecule has 0 bridgehead atoms. The van der Waals surface area contributed by atoms with E-state index in [0.717, 1.165) is 81.1 Å². The Morgan fingerprint density at radius 1 is 0.773 bits per heavy atom. The summed E-state index contributed by atoms with van der Waals surface area (Å²) >= 11 is 12.6. The van der Waals surface area contributed by atoms with Gasteiger partial charge in [-0.05, 0) is 56.0 Å². The second kappa shape index (κ2) is 19.5. The average molecular weight is 649 g/mol. The van der Waals surface area contributed by atoms with Crippen molar-refractivity contribution in [1.29, 1.82) is 0 Å². The number of hydrogen-bond acceptors (Lipinski definition) is 6. The van der Waals surface area contributed by atoms with Gasteiger partial charge in [-0.3, -0.25) is 14.6 Å². The van der Waals surface area contributed by atoms with E-state index in [0.29, 0.717) is 29.7 Å². The van der Waals surface area contributed by atoms with Crippen LogP contribution in [0.1, 0.15) is 83.1 Å². The number of anilines is 2. The molecule has 0 unspecified atom stereocenters. The largest absolute Gasteiger partial charge is 0.494 e. The molecule has 2 aromatic carbocycles. The molecule has 244 valence electrons. The van der Waals surface area contributed by atoms with Crippen molar-refractivity contribution in [3.05, 3.63) is 52.0 Å². The minimum atomic E-state index is 0.0791. The quantitative estimate of drug-likeness (QED) is 0.106. The smallest absolute Gasteiger partial charge is 0.229 e. The van der Waals surface area contributed by atoms with Crippen molar-refractivity contribution < 1.29 is 19.0 Å². The number of benzene rings is 2. The Morgan fingerprint density at radius 2 is 1.52 bits per heavy atom. The van der Waals surface area contributed by atoms with Crippen LogP contribution in [0, 0.1) is 0 Å². The Bertz CT molecular complexity index is 1140. The minimum absolute atomic E-state index is 0.0791. The Kier molecular flexibility index (Phi) is 15.4. The lowest BCUT2D eigenvalue weighted by Crippen LogP contribution is -2.46. The first kappa shape index (κ1) is 34.8. The maximum absolute atomic E-state index is 12.7. The Morgan fingerprint density at radius 3 is 2.32 bits per heavy atom. The van der Waals surface area contributed by atoms with Gasteiger partial charge < -0.3 is 19.1 Å². The van der Waals surface area contributed by atoms with E-state index in [4.69, 9.17) is 37.4 Å². The number of carbonyl (C=O) groups excluding carboxylic acids is 1. The van der Waals surface area contributed by atoms with Gasteiger partial charge in [-0.2, -0.15) is 0 Å². The van der Waals surface area contributed by atoms with Crippen LogP contribution in [0.2, 0.25) is 10.0 Å². The van der Waals surface area contributed by atoms with Crippen LogP contribution in [-0.2, 0) is 20.7 Å². The number of amides is 1. The van der Waals surface area contributed by atoms with E-state index < -0.39 is 0 Å². The molecule has 0 radical (unpaired) electrons. The van der Waals surface area contributed by atoms with Gasteiger partial charge in [-0.15, -0.1) is 0 Å². The van der Waals surface area contributed by atoms with Gasteiger partial charge in [-0.25, -0.2) is 0 Å². The zero-order valence-corrected chi connectivity index (χ0v) is 28.1. The van der Waals surface area contributed by atoms with E-state index in [9.17, 15) is 4.79 Å². The van der Waals surface area contributed by atoms with Gasteiger partial charge >= 0.3 is 0 Å². The SMILES string of the molecule is CCCCCCCCCCOCOCN1C(=O)CCc2ccc(OCCCCN3CCN(c4cccc(Cl)c4Cl)CC3)cc21. The summed E-state index contributed by atoms with van der Waals surface area (Å²) in [5.41, 5.74) is 3.06. The molecule has 1 amide bonds. The van der Waals surface area contributed by atoms with Gasteiger partial charge in [0.15, 0.2) is 0 Å². The number of carbonyl (C=O) groups is 1. The van der Waals surface area contributed by atoms with Crippen LogP contribution in [0.15, 0.2) is 36.4 Å². The monoisotopic (exact) mass is 647 g/mol. The maximum Gasteiger partial charge on any atom is 0.229 e. The van der Waals surface area contributed by atoms with Crippen molar-refractivity contribution in [2.75, 3.05) is 69.3 Å². The Balaban J connectivity index is 1.10. The predicted octanol–water partition coefficient (Wildman–Crippen LogP) is 8.34. The van der Waals surface area contributed by atoms with E-state index in [1.807, 2.05) is 30.3 Å². The van der Waals surface area contributed by atoms with Crippen LogP contribution in [-0.4, -0.2) is 70.3 Å². The van der Waals surface area contributed by atoms with Crippen molar-refractivity contribution in [2.24, 2.45) is 0 Å². The normalized spacial score (nSPS) is 15.6. The lowest BCUT2D eigenvalue weighted by Gasteiger charge is -2.36. The summed E-state index contributed by atoms with van der Waals surface area (Å²) < 4.78 is 17.5. The molecular weight excluding hydrogens is 597 g/mol. The van der Waals surface area contributed by atoms with Crippen LogP contribution in [0.3, 0.4) is 0 Å². The molecule has 2 heterocycles. The third-order valence-corrected chi connectivity index (χ3v) is 9.38. The summed E-state index contributed by atoms with van der Waals surface area (Å²) in [6, 6.07) is 11.9. The van der Waals surface area contributed by atoms with Crippen LogP contribution < -0.4 is 14.5 Å². The lowest BCUT2D eigenvalue weighted by molar-refractivity contribution is -0.121. The summed E-state index contributed by atoms with van der Waals surface area (Å²) in [5.74, 6) is 0.872. The van der Waals surface area contributed by atoms with Crippen molar-refractivity contribution in [1.82, 2.24) is 4.90 Å². The second-order valence-corrected chi connectivity index (χ2v) is 12.7. The zero-order chi connectivity index (χ0) is 31.0. The van der Waals surface area contributed by atoms with Gasteiger partial charge in [-0.1, -0.05) is 87.2 Å². The molecule has 0 N–H and O–H groups in total.